The number of anilines is 2. The number of benzene rings is 2. The molecule has 0 saturated carbocycles. The highest BCUT2D eigenvalue weighted by Gasteiger charge is 2.42. The normalized spacial score (nSPS) is 19.4. The SMILES string of the molecule is CC1CS(=O)(=O)N(c2ccc(S(=O)(=O)Nc3ccccc3C(C)(C)C)cc2)C1=O. The van der Waals surface area contributed by atoms with E-state index in [1.807, 2.05) is 32.9 Å². The van der Waals surface area contributed by atoms with Crippen LogP contribution in [0, 0.1) is 5.92 Å². The molecule has 1 saturated heterocycles. The second kappa shape index (κ2) is 7.14. The molecule has 9 heteroatoms. The molecule has 1 unspecified atom stereocenters. The van der Waals surface area contributed by atoms with Crippen LogP contribution >= 0.6 is 0 Å². The summed E-state index contributed by atoms with van der Waals surface area (Å²) >= 11 is 0. The van der Waals surface area contributed by atoms with Gasteiger partial charge in [-0.05, 0) is 41.3 Å². The number of nitrogens with zero attached hydrogens (tertiary/aromatic N) is 1. The summed E-state index contributed by atoms with van der Waals surface area (Å²) in [4.78, 5) is 12.2. The average molecular weight is 437 g/mol. The zero-order valence-corrected chi connectivity index (χ0v) is 18.3. The molecule has 7 nitrogen and oxygen atoms in total. The van der Waals surface area contributed by atoms with Crippen molar-refractivity contribution in [1.29, 1.82) is 0 Å². The van der Waals surface area contributed by atoms with Gasteiger partial charge in [0, 0.05) is 0 Å². The third-order valence-electron chi connectivity index (χ3n) is 4.72. The lowest BCUT2D eigenvalue weighted by Crippen LogP contribution is -2.30. The first-order chi connectivity index (χ1) is 13.3. The van der Waals surface area contributed by atoms with Crippen molar-refractivity contribution in [1.82, 2.24) is 0 Å². The minimum atomic E-state index is -3.89. The van der Waals surface area contributed by atoms with Crippen molar-refractivity contribution in [2.75, 3.05) is 14.8 Å². The Bertz CT molecular complexity index is 1150. The van der Waals surface area contributed by atoms with Crippen LogP contribution in [0.1, 0.15) is 33.3 Å². The van der Waals surface area contributed by atoms with Crippen molar-refractivity contribution in [2.45, 2.75) is 38.0 Å². The quantitative estimate of drug-likeness (QED) is 0.794. The Balaban J connectivity index is 1.92. The van der Waals surface area contributed by atoms with Crippen LogP contribution in [0.3, 0.4) is 0 Å². The van der Waals surface area contributed by atoms with E-state index in [9.17, 15) is 21.6 Å². The molecule has 2 aromatic carbocycles. The summed E-state index contributed by atoms with van der Waals surface area (Å²) < 4.78 is 53.5. The summed E-state index contributed by atoms with van der Waals surface area (Å²) in [6.07, 6.45) is 0. The first kappa shape index (κ1) is 21.3. The zero-order chi connectivity index (χ0) is 21.6. The van der Waals surface area contributed by atoms with Gasteiger partial charge in [-0.25, -0.2) is 21.1 Å². The topological polar surface area (TPSA) is 101 Å². The number of rotatable bonds is 4. The predicted octanol–water partition coefficient (Wildman–Crippen LogP) is 3.10. The summed E-state index contributed by atoms with van der Waals surface area (Å²) in [5.74, 6) is -1.39. The number of hydrogen-bond acceptors (Lipinski definition) is 5. The van der Waals surface area contributed by atoms with E-state index in [1.54, 1.807) is 19.1 Å². The Morgan fingerprint density at radius 3 is 2.14 bits per heavy atom. The lowest BCUT2D eigenvalue weighted by atomic mass is 9.86. The molecule has 1 atom stereocenters. The molecule has 0 spiro atoms. The molecule has 1 heterocycles. The molecular formula is C20H24N2O5S2. The molecular weight excluding hydrogens is 412 g/mol. The Hall–Kier alpha value is -2.39. The molecule has 0 aromatic heterocycles. The molecule has 1 aliphatic rings. The number of carbonyl (C=O) groups is 1. The van der Waals surface area contributed by atoms with Crippen LogP contribution < -0.4 is 9.03 Å². The lowest BCUT2D eigenvalue weighted by Gasteiger charge is -2.23. The smallest absolute Gasteiger partial charge is 0.261 e. The molecule has 1 amide bonds. The van der Waals surface area contributed by atoms with Gasteiger partial charge in [-0.2, -0.15) is 0 Å². The van der Waals surface area contributed by atoms with Crippen molar-refractivity contribution in [3.8, 4) is 0 Å². The van der Waals surface area contributed by atoms with Crippen LogP contribution in [0.15, 0.2) is 53.4 Å². The third-order valence-corrected chi connectivity index (χ3v) is 7.97. The van der Waals surface area contributed by atoms with Gasteiger partial charge in [0.1, 0.15) is 0 Å². The van der Waals surface area contributed by atoms with E-state index in [4.69, 9.17) is 0 Å². The molecule has 3 rings (SSSR count). The van der Waals surface area contributed by atoms with E-state index < -0.39 is 31.9 Å². The van der Waals surface area contributed by atoms with Crippen LogP contribution in [-0.2, 0) is 30.3 Å². The van der Waals surface area contributed by atoms with E-state index in [2.05, 4.69) is 4.72 Å². The van der Waals surface area contributed by atoms with Gasteiger partial charge < -0.3 is 0 Å². The second-order valence-corrected chi connectivity index (χ2v) is 11.7. The Morgan fingerprint density at radius 2 is 1.62 bits per heavy atom. The van der Waals surface area contributed by atoms with Gasteiger partial charge in [0.15, 0.2) is 0 Å². The van der Waals surface area contributed by atoms with E-state index in [-0.39, 0.29) is 21.8 Å². The van der Waals surface area contributed by atoms with Gasteiger partial charge >= 0.3 is 0 Å². The maximum absolute atomic E-state index is 12.8. The first-order valence-electron chi connectivity index (χ1n) is 9.12. The molecule has 2 aromatic rings. The van der Waals surface area contributed by atoms with E-state index in [1.165, 1.54) is 24.3 Å². The molecule has 0 bridgehead atoms. The fourth-order valence-electron chi connectivity index (χ4n) is 3.28. The average Bonchev–Trinajstić information content (AvgIpc) is 2.81. The highest BCUT2D eigenvalue weighted by Crippen LogP contribution is 2.32. The number of amides is 1. The molecule has 0 radical (unpaired) electrons. The van der Waals surface area contributed by atoms with Crippen molar-refractivity contribution >= 4 is 37.3 Å². The number of sulfonamides is 2. The summed E-state index contributed by atoms with van der Waals surface area (Å²) in [6, 6.07) is 12.4. The third kappa shape index (κ3) is 4.16. The number of hydrogen-bond donors (Lipinski definition) is 1. The summed E-state index contributed by atoms with van der Waals surface area (Å²) in [6.45, 7) is 7.52. The van der Waals surface area contributed by atoms with Crippen LogP contribution in [0.25, 0.3) is 0 Å². The standard InChI is InChI=1S/C20H24N2O5S2/c1-14-13-28(24,25)22(19(14)23)15-9-11-16(12-10-15)29(26,27)21-18-8-6-5-7-17(18)20(2,3)4/h5-12,14,21H,13H2,1-4H3. The van der Waals surface area contributed by atoms with Gasteiger partial charge in [0.2, 0.25) is 15.9 Å². The van der Waals surface area contributed by atoms with Crippen LogP contribution in [0.2, 0.25) is 0 Å². The van der Waals surface area contributed by atoms with Gasteiger partial charge in [0.05, 0.1) is 27.9 Å². The maximum Gasteiger partial charge on any atom is 0.261 e. The van der Waals surface area contributed by atoms with E-state index in [0.29, 0.717) is 5.69 Å². The predicted molar refractivity (Wildman–Crippen MR) is 113 cm³/mol. The monoisotopic (exact) mass is 436 g/mol. The number of nitrogens with one attached hydrogen (secondary N) is 1. The van der Waals surface area contributed by atoms with Crippen molar-refractivity contribution in [3.05, 3.63) is 54.1 Å². The van der Waals surface area contributed by atoms with E-state index in [0.717, 1.165) is 9.87 Å². The van der Waals surface area contributed by atoms with Crippen LogP contribution in [0.4, 0.5) is 11.4 Å². The number of para-hydroxylation sites is 1. The molecule has 0 aliphatic carbocycles. The fraction of sp³-hybridized carbons (Fsp3) is 0.350. The summed E-state index contributed by atoms with van der Waals surface area (Å²) in [5, 5.41) is 0. The summed E-state index contributed by atoms with van der Waals surface area (Å²) in [5.41, 5.74) is 1.20. The Kier molecular flexibility index (Phi) is 5.25. The highest BCUT2D eigenvalue weighted by atomic mass is 32.2. The summed E-state index contributed by atoms with van der Waals surface area (Å²) in [7, 11) is -7.63. The number of carbonyl (C=O) groups excluding carboxylic acids is 1. The fourth-order valence-corrected chi connectivity index (χ4v) is 6.18. The highest BCUT2D eigenvalue weighted by molar-refractivity contribution is 7.94. The van der Waals surface area contributed by atoms with E-state index >= 15 is 0 Å². The van der Waals surface area contributed by atoms with Gasteiger partial charge in [-0.1, -0.05) is 45.9 Å². The minimum absolute atomic E-state index is 0.0259. The molecule has 1 aliphatic heterocycles. The maximum atomic E-state index is 12.8. The second-order valence-electron chi connectivity index (χ2n) is 8.18. The molecule has 1 N–H and O–H groups in total. The van der Waals surface area contributed by atoms with Crippen molar-refractivity contribution < 1.29 is 21.6 Å². The molecule has 29 heavy (non-hydrogen) atoms. The van der Waals surface area contributed by atoms with Gasteiger partial charge in [-0.15, -0.1) is 0 Å². The van der Waals surface area contributed by atoms with Gasteiger partial charge in [-0.3, -0.25) is 9.52 Å². The zero-order valence-electron chi connectivity index (χ0n) is 16.7. The van der Waals surface area contributed by atoms with Crippen molar-refractivity contribution in [2.24, 2.45) is 5.92 Å². The first-order valence-corrected chi connectivity index (χ1v) is 12.2. The lowest BCUT2D eigenvalue weighted by molar-refractivity contribution is -0.119. The van der Waals surface area contributed by atoms with Gasteiger partial charge in [0.25, 0.3) is 10.0 Å². The largest absolute Gasteiger partial charge is 0.279 e. The Morgan fingerprint density at radius 1 is 1.03 bits per heavy atom. The minimum Gasteiger partial charge on any atom is -0.279 e. The van der Waals surface area contributed by atoms with Crippen LogP contribution in [0.5, 0.6) is 0 Å². The Labute approximate surface area is 171 Å². The molecule has 156 valence electrons. The molecule has 1 fully saturated rings. The van der Waals surface area contributed by atoms with Crippen molar-refractivity contribution in [3.63, 3.8) is 0 Å². The van der Waals surface area contributed by atoms with Crippen LogP contribution in [-0.4, -0.2) is 28.5 Å².